The Morgan fingerprint density at radius 2 is 1.95 bits per heavy atom. The number of amides is 1. The van der Waals surface area contributed by atoms with Crippen LogP contribution < -0.4 is 0 Å². The van der Waals surface area contributed by atoms with Gasteiger partial charge in [0.2, 0.25) is 5.91 Å². The van der Waals surface area contributed by atoms with Crippen molar-refractivity contribution >= 4 is 11.9 Å². The fourth-order valence-electron chi connectivity index (χ4n) is 2.89. The molecule has 1 saturated carbocycles. The summed E-state index contributed by atoms with van der Waals surface area (Å²) in [6, 6.07) is 3.63. The first-order valence-electron chi connectivity index (χ1n) is 7.06. The SMILES string of the molecule is O=C(O)C1CN(C(=O)C2CC2c2c(F)cccc2F)CCO1. The minimum atomic E-state index is -1.12. The normalized spacial score (nSPS) is 27.5. The van der Waals surface area contributed by atoms with Gasteiger partial charge in [0.1, 0.15) is 11.6 Å². The minimum absolute atomic E-state index is 0.0306. The molecule has 1 amide bonds. The Morgan fingerprint density at radius 1 is 1.27 bits per heavy atom. The second-order valence-corrected chi connectivity index (χ2v) is 5.57. The summed E-state index contributed by atoms with van der Waals surface area (Å²) in [6.07, 6.45) is -0.661. The lowest BCUT2D eigenvalue weighted by molar-refractivity contribution is -0.159. The third-order valence-electron chi connectivity index (χ3n) is 4.13. The Hall–Kier alpha value is -2.02. The number of benzene rings is 1. The van der Waals surface area contributed by atoms with Crippen LogP contribution in [0.3, 0.4) is 0 Å². The van der Waals surface area contributed by atoms with E-state index in [0.29, 0.717) is 13.0 Å². The molecule has 2 aliphatic rings. The number of rotatable bonds is 3. The number of hydrogen-bond donors (Lipinski definition) is 1. The zero-order valence-corrected chi connectivity index (χ0v) is 11.7. The quantitative estimate of drug-likeness (QED) is 0.916. The summed E-state index contributed by atoms with van der Waals surface area (Å²) in [6.45, 7) is 0.414. The molecule has 1 heterocycles. The van der Waals surface area contributed by atoms with Crippen LogP contribution in [-0.4, -0.2) is 47.7 Å². The molecule has 2 fully saturated rings. The van der Waals surface area contributed by atoms with E-state index in [-0.39, 0.29) is 24.6 Å². The van der Waals surface area contributed by atoms with Crippen molar-refractivity contribution in [3.8, 4) is 0 Å². The Bertz CT molecular complexity index is 601. The summed E-state index contributed by atoms with van der Waals surface area (Å²) in [5.74, 6) is -3.64. The smallest absolute Gasteiger partial charge is 0.334 e. The molecule has 1 N–H and O–H groups in total. The highest BCUT2D eigenvalue weighted by molar-refractivity contribution is 5.84. The molecule has 3 unspecified atom stereocenters. The van der Waals surface area contributed by atoms with Crippen molar-refractivity contribution in [3.63, 3.8) is 0 Å². The zero-order chi connectivity index (χ0) is 15.9. The predicted molar refractivity (Wildman–Crippen MR) is 71.2 cm³/mol. The van der Waals surface area contributed by atoms with Crippen LogP contribution in [0, 0.1) is 17.6 Å². The van der Waals surface area contributed by atoms with Crippen LogP contribution in [0.5, 0.6) is 0 Å². The van der Waals surface area contributed by atoms with Crippen molar-refractivity contribution in [3.05, 3.63) is 35.4 Å². The summed E-state index contributed by atoms with van der Waals surface area (Å²) in [5.41, 5.74) is -0.0519. The van der Waals surface area contributed by atoms with Crippen LogP contribution in [0.2, 0.25) is 0 Å². The van der Waals surface area contributed by atoms with Gasteiger partial charge in [0.15, 0.2) is 6.10 Å². The molecule has 7 heteroatoms. The van der Waals surface area contributed by atoms with Crippen molar-refractivity contribution in [1.82, 2.24) is 4.90 Å². The number of hydrogen-bond acceptors (Lipinski definition) is 3. The van der Waals surface area contributed by atoms with Gasteiger partial charge in [0, 0.05) is 23.9 Å². The van der Waals surface area contributed by atoms with E-state index in [4.69, 9.17) is 9.84 Å². The second-order valence-electron chi connectivity index (χ2n) is 5.57. The molecule has 3 rings (SSSR count). The number of carboxylic acid groups (broad SMARTS) is 1. The van der Waals surface area contributed by atoms with Crippen molar-refractivity contribution in [2.24, 2.45) is 5.92 Å². The van der Waals surface area contributed by atoms with Crippen LogP contribution in [-0.2, 0) is 14.3 Å². The van der Waals surface area contributed by atoms with Gasteiger partial charge in [-0.3, -0.25) is 4.79 Å². The van der Waals surface area contributed by atoms with Gasteiger partial charge in [-0.2, -0.15) is 0 Å². The van der Waals surface area contributed by atoms with E-state index in [9.17, 15) is 18.4 Å². The highest BCUT2D eigenvalue weighted by Gasteiger charge is 2.49. The fraction of sp³-hybridized carbons (Fsp3) is 0.467. The standard InChI is InChI=1S/C15H15F2NO4/c16-10-2-1-3-11(17)13(10)8-6-9(8)14(19)18-4-5-22-12(7-18)15(20)21/h1-3,8-9,12H,4-7H2,(H,20,21). The Balaban J connectivity index is 1.69. The van der Waals surface area contributed by atoms with Crippen LogP contribution in [0.15, 0.2) is 18.2 Å². The molecule has 22 heavy (non-hydrogen) atoms. The van der Waals surface area contributed by atoms with Crippen LogP contribution in [0.4, 0.5) is 8.78 Å². The van der Waals surface area contributed by atoms with E-state index in [0.717, 1.165) is 0 Å². The molecule has 0 bridgehead atoms. The zero-order valence-electron chi connectivity index (χ0n) is 11.7. The lowest BCUT2D eigenvalue weighted by Crippen LogP contribution is -2.49. The number of carbonyl (C=O) groups is 2. The van der Waals surface area contributed by atoms with Crippen molar-refractivity contribution in [2.45, 2.75) is 18.4 Å². The maximum Gasteiger partial charge on any atom is 0.334 e. The van der Waals surface area contributed by atoms with Crippen LogP contribution in [0.25, 0.3) is 0 Å². The summed E-state index contributed by atoms with van der Waals surface area (Å²) >= 11 is 0. The lowest BCUT2D eigenvalue weighted by Gasteiger charge is -2.31. The number of carbonyl (C=O) groups excluding carboxylic acids is 1. The topological polar surface area (TPSA) is 66.8 Å². The van der Waals surface area contributed by atoms with Gasteiger partial charge in [0.25, 0.3) is 0 Å². The molecule has 0 aromatic heterocycles. The average molecular weight is 311 g/mol. The van der Waals surface area contributed by atoms with Gasteiger partial charge in [-0.15, -0.1) is 0 Å². The number of carboxylic acids is 1. The lowest BCUT2D eigenvalue weighted by atomic mass is 10.1. The van der Waals surface area contributed by atoms with Crippen molar-refractivity contribution in [2.75, 3.05) is 19.7 Å². The number of nitrogens with zero attached hydrogens (tertiary/aromatic N) is 1. The van der Waals surface area contributed by atoms with Gasteiger partial charge < -0.3 is 14.7 Å². The van der Waals surface area contributed by atoms with E-state index >= 15 is 0 Å². The highest BCUT2D eigenvalue weighted by Crippen LogP contribution is 2.50. The van der Waals surface area contributed by atoms with E-state index in [1.165, 1.54) is 23.1 Å². The maximum absolute atomic E-state index is 13.7. The second kappa shape index (κ2) is 5.64. The summed E-state index contributed by atoms with van der Waals surface area (Å²) < 4.78 is 32.5. The summed E-state index contributed by atoms with van der Waals surface area (Å²) in [4.78, 5) is 24.7. The number of aliphatic carboxylic acids is 1. The van der Waals surface area contributed by atoms with Gasteiger partial charge in [-0.25, -0.2) is 13.6 Å². The maximum atomic E-state index is 13.7. The van der Waals surface area contributed by atoms with Gasteiger partial charge in [0.05, 0.1) is 13.2 Å². The molecule has 3 atom stereocenters. The minimum Gasteiger partial charge on any atom is -0.479 e. The molecule has 1 aromatic carbocycles. The predicted octanol–water partition coefficient (Wildman–Crippen LogP) is 1.38. The first-order chi connectivity index (χ1) is 10.5. The highest BCUT2D eigenvalue weighted by atomic mass is 19.1. The van der Waals surface area contributed by atoms with E-state index in [1.54, 1.807) is 0 Å². The third-order valence-corrected chi connectivity index (χ3v) is 4.13. The molecular weight excluding hydrogens is 296 g/mol. The molecule has 1 aliphatic carbocycles. The first-order valence-corrected chi connectivity index (χ1v) is 7.06. The fourth-order valence-corrected chi connectivity index (χ4v) is 2.89. The Morgan fingerprint density at radius 3 is 2.59 bits per heavy atom. The molecular formula is C15H15F2NO4. The van der Waals surface area contributed by atoms with Crippen molar-refractivity contribution < 1.29 is 28.2 Å². The number of ether oxygens (including phenoxy) is 1. The third kappa shape index (κ3) is 2.68. The van der Waals surface area contributed by atoms with Gasteiger partial charge >= 0.3 is 5.97 Å². The van der Waals surface area contributed by atoms with Crippen molar-refractivity contribution in [1.29, 1.82) is 0 Å². The number of halogens is 2. The van der Waals surface area contributed by atoms with E-state index < -0.39 is 35.5 Å². The summed E-state index contributed by atoms with van der Waals surface area (Å²) in [5, 5.41) is 8.93. The van der Waals surface area contributed by atoms with Crippen LogP contribution in [0.1, 0.15) is 17.9 Å². The van der Waals surface area contributed by atoms with Gasteiger partial charge in [-0.1, -0.05) is 6.07 Å². The first kappa shape index (κ1) is 14.9. The molecule has 0 radical (unpaired) electrons. The molecule has 1 aromatic rings. The largest absolute Gasteiger partial charge is 0.479 e. The molecule has 118 valence electrons. The Kier molecular flexibility index (Phi) is 3.82. The van der Waals surface area contributed by atoms with E-state index in [1.807, 2.05) is 0 Å². The summed E-state index contributed by atoms with van der Waals surface area (Å²) in [7, 11) is 0. The van der Waals surface area contributed by atoms with Gasteiger partial charge in [-0.05, 0) is 18.6 Å². The van der Waals surface area contributed by atoms with E-state index in [2.05, 4.69) is 0 Å². The Labute approximate surface area is 125 Å². The molecule has 5 nitrogen and oxygen atoms in total. The molecule has 0 spiro atoms. The molecule has 1 saturated heterocycles. The number of morpholine rings is 1. The monoisotopic (exact) mass is 311 g/mol. The average Bonchev–Trinajstić information content (AvgIpc) is 3.26. The van der Waals surface area contributed by atoms with Crippen LogP contribution >= 0.6 is 0 Å². The molecule has 1 aliphatic heterocycles.